The van der Waals surface area contributed by atoms with E-state index in [0.717, 1.165) is 24.1 Å². The van der Waals surface area contributed by atoms with Gasteiger partial charge in [-0.15, -0.1) is 0 Å². The average Bonchev–Trinajstić information content (AvgIpc) is 2.45. The molecule has 1 atom stereocenters. The molecule has 0 spiro atoms. The minimum absolute atomic E-state index is 0.163. The minimum Gasteiger partial charge on any atom is -0.350 e. The molecule has 1 aromatic carbocycles. The van der Waals surface area contributed by atoms with Gasteiger partial charge in [-0.1, -0.05) is 31.0 Å². The summed E-state index contributed by atoms with van der Waals surface area (Å²) in [6, 6.07) is 5.50. The van der Waals surface area contributed by atoms with Gasteiger partial charge in [0.15, 0.2) is 0 Å². The zero-order chi connectivity index (χ0) is 16.5. The van der Waals surface area contributed by atoms with Crippen molar-refractivity contribution in [1.82, 2.24) is 5.43 Å². The number of halogens is 1. The first-order valence-corrected chi connectivity index (χ1v) is 7.98. The van der Waals surface area contributed by atoms with E-state index in [1.165, 1.54) is 5.57 Å². The van der Waals surface area contributed by atoms with Crippen LogP contribution in [0.1, 0.15) is 46.1 Å². The maximum Gasteiger partial charge on any atom is 0.256 e. The molecule has 1 aliphatic heterocycles. The molecule has 120 valence electrons. The number of benzene rings is 1. The van der Waals surface area contributed by atoms with Crippen molar-refractivity contribution in [2.45, 2.75) is 52.1 Å². The highest BCUT2D eigenvalue weighted by Crippen LogP contribution is 2.41. The van der Waals surface area contributed by atoms with Crippen molar-refractivity contribution in [2.75, 3.05) is 4.90 Å². The number of carbonyl (C=O) groups is 1. The van der Waals surface area contributed by atoms with Gasteiger partial charge in [0.1, 0.15) is 6.04 Å². The van der Waals surface area contributed by atoms with Gasteiger partial charge in [0.05, 0.1) is 5.54 Å². The zero-order valence-corrected chi connectivity index (χ0v) is 14.4. The average molecular weight is 322 g/mol. The monoisotopic (exact) mass is 321 g/mol. The summed E-state index contributed by atoms with van der Waals surface area (Å²) in [5.74, 6) is 5.24. The molecule has 1 aromatic rings. The first-order chi connectivity index (χ1) is 10.3. The number of allylic oxidation sites excluding steroid dienone is 1. The number of carbonyl (C=O) groups excluding carboxylic acids is 1. The molecule has 0 aromatic heterocycles. The van der Waals surface area contributed by atoms with Gasteiger partial charge in [-0.2, -0.15) is 0 Å². The van der Waals surface area contributed by atoms with Crippen molar-refractivity contribution in [3.8, 4) is 0 Å². The SMILES string of the molecule is CCC[C@H](C(=O)NN)N1c2ccc(Cl)cc2C(C)=CC1(C)C. The van der Waals surface area contributed by atoms with E-state index < -0.39 is 0 Å². The summed E-state index contributed by atoms with van der Waals surface area (Å²) in [7, 11) is 0. The van der Waals surface area contributed by atoms with E-state index in [-0.39, 0.29) is 17.5 Å². The molecule has 0 fully saturated rings. The third-order valence-corrected chi connectivity index (χ3v) is 4.39. The lowest BCUT2D eigenvalue weighted by Crippen LogP contribution is -2.57. The molecule has 0 radical (unpaired) electrons. The molecule has 1 aliphatic rings. The van der Waals surface area contributed by atoms with Gasteiger partial charge in [-0.05, 0) is 51.0 Å². The van der Waals surface area contributed by atoms with Crippen LogP contribution in [0.15, 0.2) is 24.3 Å². The van der Waals surface area contributed by atoms with Gasteiger partial charge < -0.3 is 4.90 Å². The first-order valence-electron chi connectivity index (χ1n) is 7.61. The van der Waals surface area contributed by atoms with Crippen LogP contribution in [0.5, 0.6) is 0 Å². The Kier molecular flexibility index (Phi) is 4.83. The van der Waals surface area contributed by atoms with Crippen molar-refractivity contribution in [3.05, 3.63) is 34.9 Å². The lowest BCUT2D eigenvalue weighted by molar-refractivity contribution is -0.122. The van der Waals surface area contributed by atoms with Crippen LogP contribution in [-0.2, 0) is 4.79 Å². The molecule has 0 unspecified atom stereocenters. The minimum atomic E-state index is -0.311. The maximum atomic E-state index is 12.3. The second kappa shape index (κ2) is 6.31. The van der Waals surface area contributed by atoms with E-state index >= 15 is 0 Å². The smallest absolute Gasteiger partial charge is 0.256 e. The lowest BCUT2D eigenvalue weighted by Gasteiger charge is -2.47. The third-order valence-electron chi connectivity index (χ3n) is 4.15. The second-order valence-corrected chi connectivity index (χ2v) is 6.76. The van der Waals surface area contributed by atoms with Gasteiger partial charge in [-0.25, -0.2) is 5.84 Å². The van der Waals surface area contributed by atoms with Gasteiger partial charge in [0.2, 0.25) is 0 Å². The predicted molar refractivity (Wildman–Crippen MR) is 92.7 cm³/mol. The Bertz CT molecular complexity index is 610. The van der Waals surface area contributed by atoms with Crippen molar-refractivity contribution >= 4 is 28.8 Å². The maximum absolute atomic E-state index is 12.3. The molecular weight excluding hydrogens is 298 g/mol. The number of nitrogens with zero attached hydrogens (tertiary/aromatic N) is 1. The second-order valence-electron chi connectivity index (χ2n) is 6.33. The van der Waals surface area contributed by atoms with Crippen LogP contribution in [0.3, 0.4) is 0 Å². The van der Waals surface area contributed by atoms with Gasteiger partial charge >= 0.3 is 0 Å². The molecule has 0 bridgehead atoms. The number of anilines is 1. The van der Waals surface area contributed by atoms with Crippen LogP contribution in [0.2, 0.25) is 5.02 Å². The number of hydrogen-bond acceptors (Lipinski definition) is 3. The molecular formula is C17H24ClN3O. The lowest BCUT2D eigenvalue weighted by atomic mass is 9.86. The molecule has 1 heterocycles. The Morgan fingerprint density at radius 3 is 2.73 bits per heavy atom. The Hall–Kier alpha value is -1.52. The topological polar surface area (TPSA) is 58.4 Å². The third kappa shape index (κ3) is 2.99. The van der Waals surface area contributed by atoms with E-state index in [9.17, 15) is 4.79 Å². The summed E-state index contributed by atoms with van der Waals surface area (Å²) in [6.45, 7) is 8.37. The van der Waals surface area contributed by atoms with E-state index in [4.69, 9.17) is 17.4 Å². The van der Waals surface area contributed by atoms with Crippen molar-refractivity contribution in [1.29, 1.82) is 0 Å². The van der Waals surface area contributed by atoms with Crippen LogP contribution in [0.25, 0.3) is 5.57 Å². The van der Waals surface area contributed by atoms with E-state index in [1.54, 1.807) is 0 Å². The fraction of sp³-hybridized carbons (Fsp3) is 0.471. The number of amides is 1. The zero-order valence-electron chi connectivity index (χ0n) is 13.6. The summed E-state index contributed by atoms with van der Waals surface area (Å²) in [4.78, 5) is 14.5. The molecule has 3 N–H and O–H groups in total. The quantitative estimate of drug-likeness (QED) is 0.507. The Morgan fingerprint density at radius 1 is 1.45 bits per heavy atom. The van der Waals surface area contributed by atoms with Gasteiger partial charge in [-0.3, -0.25) is 10.2 Å². The van der Waals surface area contributed by atoms with E-state index in [2.05, 4.69) is 44.1 Å². The van der Waals surface area contributed by atoms with Gasteiger partial charge in [0, 0.05) is 16.3 Å². The number of nitrogens with two attached hydrogens (primary N) is 1. The molecule has 1 amide bonds. The van der Waals surface area contributed by atoms with Gasteiger partial charge in [0.25, 0.3) is 5.91 Å². The van der Waals surface area contributed by atoms with Crippen molar-refractivity contribution in [3.63, 3.8) is 0 Å². The number of fused-ring (bicyclic) bond motifs is 1. The summed E-state index contributed by atoms with van der Waals surface area (Å²) < 4.78 is 0. The van der Waals surface area contributed by atoms with Crippen LogP contribution in [0.4, 0.5) is 5.69 Å². The fourth-order valence-corrected chi connectivity index (χ4v) is 3.51. The fourth-order valence-electron chi connectivity index (χ4n) is 3.34. The summed E-state index contributed by atoms with van der Waals surface area (Å²) in [5.41, 5.74) is 5.29. The van der Waals surface area contributed by atoms with Crippen LogP contribution in [0, 0.1) is 0 Å². The molecule has 0 saturated carbocycles. The highest BCUT2D eigenvalue weighted by molar-refractivity contribution is 6.30. The van der Waals surface area contributed by atoms with Crippen LogP contribution in [-0.4, -0.2) is 17.5 Å². The Morgan fingerprint density at radius 2 is 2.14 bits per heavy atom. The molecule has 2 rings (SSSR count). The summed E-state index contributed by atoms with van der Waals surface area (Å²) in [5, 5.41) is 0.696. The van der Waals surface area contributed by atoms with Crippen molar-refractivity contribution in [2.24, 2.45) is 5.84 Å². The molecule has 0 saturated heterocycles. The van der Waals surface area contributed by atoms with Crippen LogP contribution >= 0.6 is 11.6 Å². The number of hydrogen-bond donors (Lipinski definition) is 2. The first kappa shape index (κ1) is 16.8. The van der Waals surface area contributed by atoms with Crippen molar-refractivity contribution < 1.29 is 4.79 Å². The summed E-state index contributed by atoms with van der Waals surface area (Å²) in [6.07, 6.45) is 3.82. The number of rotatable bonds is 4. The van der Waals surface area contributed by atoms with E-state index in [1.807, 2.05) is 18.2 Å². The molecule has 0 aliphatic carbocycles. The molecule has 4 nitrogen and oxygen atoms in total. The Balaban J connectivity index is 2.60. The molecule has 22 heavy (non-hydrogen) atoms. The number of nitrogens with one attached hydrogen (secondary N) is 1. The highest BCUT2D eigenvalue weighted by Gasteiger charge is 2.38. The molecule has 5 heteroatoms. The summed E-state index contributed by atoms with van der Waals surface area (Å²) >= 11 is 6.15. The largest absolute Gasteiger partial charge is 0.350 e. The predicted octanol–water partition coefficient (Wildman–Crippen LogP) is 3.50. The highest BCUT2D eigenvalue weighted by atomic mass is 35.5. The normalized spacial score (nSPS) is 17.5. The van der Waals surface area contributed by atoms with E-state index in [0.29, 0.717) is 5.02 Å². The Labute approximate surface area is 137 Å². The standard InChI is InChI=1S/C17H24ClN3O/c1-5-6-15(16(22)20-19)21-14-8-7-12(18)9-13(14)11(2)10-17(21,3)4/h7-10,15H,5-6,19H2,1-4H3,(H,20,22)/t15-/m1/s1. The number of hydrazine groups is 1. The van der Waals surface area contributed by atoms with Crippen LogP contribution < -0.4 is 16.2 Å².